The van der Waals surface area contributed by atoms with E-state index in [0.29, 0.717) is 21.3 Å². The Balaban J connectivity index is 2.00. The van der Waals surface area contributed by atoms with Gasteiger partial charge in [-0.1, -0.05) is 29.3 Å². The fourth-order valence-electron chi connectivity index (χ4n) is 1.72. The summed E-state index contributed by atoms with van der Waals surface area (Å²) in [6, 6.07) is 6.25. The van der Waals surface area contributed by atoms with Gasteiger partial charge >= 0.3 is 5.82 Å². The fourth-order valence-corrected chi connectivity index (χ4v) is 2.21. The van der Waals surface area contributed by atoms with Crippen LogP contribution in [0.5, 0.6) is 0 Å². The monoisotopic (exact) mass is 355 g/mol. The Kier molecular flexibility index (Phi) is 5.30. The summed E-state index contributed by atoms with van der Waals surface area (Å²) >= 11 is 11.9. The highest BCUT2D eigenvalue weighted by Crippen LogP contribution is 2.21. The highest BCUT2D eigenvalue weighted by atomic mass is 35.5. The van der Waals surface area contributed by atoms with Crippen molar-refractivity contribution in [2.24, 2.45) is 5.10 Å². The van der Waals surface area contributed by atoms with E-state index in [1.807, 2.05) is 0 Å². The van der Waals surface area contributed by atoms with Gasteiger partial charge in [-0.3, -0.25) is 4.79 Å². The molecule has 1 N–H and O–H groups in total. The van der Waals surface area contributed by atoms with Crippen LogP contribution < -0.4 is 5.43 Å². The molecule has 0 atom stereocenters. The van der Waals surface area contributed by atoms with Crippen molar-refractivity contribution in [3.05, 3.63) is 55.7 Å². The van der Waals surface area contributed by atoms with Gasteiger partial charge in [0.2, 0.25) is 0 Å². The van der Waals surface area contributed by atoms with Gasteiger partial charge in [0, 0.05) is 5.56 Å². The Morgan fingerprint density at radius 1 is 1.48 bits per heavy atom. The molecule has 23 heavy (non-hydrogen) atoms. The molecule has 0 aliphatic carbocycles. The minimum Gasteiger partial charge on any atom is -0.358 e. The highest BCUT2D eigenvalue weighted by Gasteiger charge is 2.17. The SMILES string of the molecule is Cc1cc([N+](=O)[O-])nn1CC(=O)N/N=C/c1c(Cl)cccc1Cl. The van der Waals surface area contributed by atoms with Crippen molar-refractivity contribution in [1.29, 1.82) is 0 Å². The van der Waals surface area contributed by atoms with Gasteiger partial charge in [-0.2, -0.15) is 9.78 Å². The third kappa shape index (κ3) is 4.27. The van der Waals surface area contributed by atoms with E-state index in [0.717, 1.165) is 0 Å². The van der Waals surface area contributed by atoms with Crippen molar-refractivity contribution >= 4 is 41.1 Å². The number of nitrogens with one attached hydrogen (secondary N) is 1. The van der Waals surface area contributed by atoms with E-state index in [9.17, 15) is 14.9 Å². The van der Waals surface area contributed by atoms with Crippen molar-refractivity contribution in [1.82, 2.24) is 15.2 Å². The van der Waals surface area contributed by atoms with Gasteiger partial charge in [-0.05, 0) is 24.0 Å². The van der Waals surface area contributed by atoms with Crippen molar-refractivity contribution in [3.8, 4) is 0 Å². The number of hydrazone groups is 1. The van der Waals surface area contributed by atoms with Crippen LogP contribution in [-0.4, -0.2) is 26.8 Å². The van der Waals surface area contributed by atoms with E-state index in [1.165, 1.54) is 17.0 Å². The van der Waals surface area contributed by atoms with Crippen LogP contribution >= 0.6 is 23.2 Å². The lowest BCUT2D eigenvalue weighted by molar-refractivity contribution is -0.389. The number of carbonyl (C=O) groups is 1. The van der Waals surface area contributed by atoms with Crippen molar-refractivity contribution in [2.45, 2.75) is 13.5 Å². The van der Waals surface area contributed by atoms with E-state index < -0.39 is 10.8 Å². The topological polar surface area (TPSA) is 102 Å². The zero-order chi connectivity index (χ0) is 17.0. The number of amides is 1. The Morgan fingerprint density at radius 2 is 2.13 bits per heavy atom. The molecule has 0 aliphatic rings. The average Bonchev–Trinajstić information content (AvgIpc) is 2.83. The van der Waals surface area contributed by atoms with Gasteiger partial charge in [-0.25, -0.2) is 5.43 Å². The van der Waals surface area contributed by atoms with Crippen LogP contribution in [0.2, 0.25) is 10.0 Å². The second-order valence-corrected chi connectivity index (χ2v) is 5.30. The summed E-state index contributed by atoms with van der Waals surface area (Å²) in [7, 11) is 0. The second-order valence-electron chi connectivity index (χ2n) is 4.49. The number of carbonyl (C=O) groups excluding carboxylic acids is 1. The first-order chi connectivity index (χ1) is 10.9. The molecule has 1 aromatic carbocycles. The van der Waals surface area contributed by atoms with Crippen LogP contribution in [0.3, 0.4) is 0 Å². The molecule has 1 aromatic heterocycles. The second kappa shape index (κ2) is 7.21. The lowest BCUT2D eigenvalue weighted by Crippen LogP contribution is -2.24. The summed E-state index contributed by atoms with van der Waals surface area (Å²) < 4.78 is 1.21. The lowest BCUT2D eigenvalue weighted by Gasteiger charge is -2.01. The van der Waals surface area contributed by atoms with Gasteiger partial charge in [0.15, 0.2) is 0 Å². The molecule has 120 valence electrons. The smallest absolute Gasteiger partial charge is 0.358 e. The van der Waals surface area contributed by atoms with Gasteiger partial charge in [0.05, 0.1) is 33.1 Å². The number of aryl methyl sites for hydroxylation is 1. The predicted octanol–water partition coefficient (Wildman–Crippen LogP) is 2.56. The molecule has 0 saturated carbocycles. The predicted molar refractivity (Wildman–Crippen MR) is 85.8 cm³/mol. The fraction of sp³-hybridized carbons (Fsp3) is 0.154. The van der Waals surface area contributed by atoms with Crippen LogP contribution in [0, 0.1) is 17.0 Å². The summed E-state index contributed by atoms with van der Waals surface area (Å²) in [6.07, 6.45) is 1.32. The zero-order valence-electron chi connectivity index (χ0n) is 11.9. The molecular weight excluding hydrogens is 345 g/mol. The Labute approximate surface area is 140 Å². The first-order valence-corrected chi connectivity index (χ1v) is 7.09. The zero-order valence-corrected chi connectivity index (χ0v) is 13.4. The quantitative estimate of drug-likeness (QED) is 0.505. The average molecular weight is 356 g/mol. The highest BCUT2D eigenvalue weighted by molar-refractivity contribution is 6.38. The maximum atomic E-state index is 11.8. The largest absolute Gasteiger partial charge is 0.390 e. The molecule has 0 spiro atoms. The maximum absolute atomic E-state index is 11.8. The van der Waals surface area contributed by atoms with Crippen LogP contribution in [0.15, 0.2) is 29.4 Å². The maximum Gasteiger partial charge on any atom is 0.390 e. The summed E-state index contributed by atoms with van der Waals surface area (Å²) in [5.74, 6) is -0.813. The molecule has 8 nitrogen and oxygen atoms in total. The van der Waals surface area contributed by atoms with Crippen molar-refractivity contribution in [2.75, 3.05) is 0 Å². The van der Waals surface area contributed by atoms with E-state index in [4.69, 9.17) is 23.2 Å². The van der Waals surface area contributed by atoms with Gasteiger partial charge in [0.25, 0.3) is 5.91 Å². The third-order valence-corrected chi connectivity index (χ3v) is 3.49. The molecule has 1 heterocycles. The number of rotatable bonds is 5. The van der Waals surface area contributed by atoms with E-state index in [-0.39, 0.29) is 12.4 Å². The minimum absolute atomic E-state index is 0.201. The van der Waals surface area contributed by atoms with Crippen LogP contribution in [0.4, 0.5) is 5.82 Å². The first kappa shape index (κ1) is 16.9. The summed E-state index contributed by atoms with van der Waals surface area (Å²) in [6.45, 7) is 1.41. The molecule has 0 unspecified atom stereocenters. The number of benzene rings is 1. The van der Waals surface area contributed by atoms with Gasteiger partial charge in [-0.15, -0.1) is 0 Å². The Bertz CT molecular complexity index is 768. The molecular formula is C13H11Cl2N5O3. The van der Waals surface area contributed by atoms with Crippen LogP contribution in [-0.2, 0) is 11.3 Å². The molecule has 0 bridgehead atoms. The summed E-state index contributed by atoms with van der Waals surface area (Å²) in [4.78, 5) is 21.8. The molecule has 0 fully saturated rings. The van der Waals surface area contributed by atoms with E-state index in [1.54, 1.807) is 25.1 Å². The molecule has 0 aliphatic heterocycles. The minimum atomic E-state index is -0.626. The molecule has 2 rings (SSSR count). The number of halogens is 2. The Morgan fingerprint density at radius 3 is 2.70 bits per heavy atom. The number of hydrogen-bond donors (Lipinski definition) is 1. The summed E-state index contributed by atoms with van der Waals surface area (Å²) in [5.41, 5.74) is 3.25. The number of nitrogens with zero attached hydrogens (tertiary/aromatic N) is 4. The molecule has 1 amide bonds. The number of hydrogen-bond acceptors (Lipinski definition) is 5. The number of aromatic nitrogens is 2. The van der Waals surface area contributed by atoms with Gasteiger partial charge < -0.3 is 10.1 Å². The summed E-state index contributed by atoms with van der Waals surface area (Å²) in [5, 5.41) is 18.9. The molecule has 0 radical (unpaired) electrons. The van der Waals surface area contributed by atoms with Gasteiger partial charge in [0.1, 0.15) is 6.54 Å². The molecule has 10 heteroatoms. The van der Waals surface area contributed by atoms with E-state index >= 15 is 0 Å². The first-order valence-electron chi connectivity index (χ1n) is 6.33. The van der Waals surface area contributed by atoms with E-state index in [2.05, 4.69) is 15.6 Å². The van der Waals surface area contributed by atoms with Crippen molar-refractivity contribution in [3.63, 3.8) is 0 Å². The normalized spacial score (nSPS) is 10.9. The lowest BCUT2D eigenvalue weighted by atomic mass is 10.2. The van der Waals surface area contributed by atoms with Crippen LogP contribution in [0.25, 0.3) is 0 Å². The Hall–Kier alpha value is -2.45. The van der Waals surface area contributed by atoms with Crippen molar-refractivity contribution < 1.29 is 9.72 Å². The standard InChI is InChI=1S/C13H11Cl2N5O3/c1-8-5-12(20(22)23)18-19(8)7-13(21)17-16-6-9-10(14)3-2-4-11(9)15/h2-6H,7H2,1H3,(H,17,21)/b16-6+. The molecule has 2 aromatic rings. The number of nitro groups is 1. The molecule has 0 saturated heterocycles. The third-order valence-electron chi connectivity index (χ3n) is 2.83. The van der Waals surface area contributed by atoms with Crippen LogP contribution in [0.1, 0.15) is 11.3 Å².